The highest BCUT2D eigenvalue weighted by Gasteiger charge is 2.49. The number of piperidine rings is 1. The second kappa shape index (κ2) is 7.87. The van der Waals surface area contributed by atoms with Crippen LogP contribution in [0.1, 0.15) is 63.5 Å². The van der Waals surface area contributed by atoms with Gasteiger partial charge in [0.1, 0.15) is 6.54 Å². The fourth-order valence-electron chi connectivity index (χ4n) is 5.92. The molecular formula is C24H33N3O. The van der Waals surface area contributed by atoms with Gasteiger partial charge in [-0.1, -0.05) is 38.1 Å². The molecule has 0 atom stereocenters. The summed E-state index contributed by atoms with van der Waals surface area (Å²) in [5, 5.41) is 9.19. The Morgan fingerprint density at radius 1 is 1.14 bits per heavy atom. The van der Waals surface area contributed by atoms with E-state index in [2.05, 4.69) is 49.1 Å². The summed E-state index contributed by atoms with van der Waals surface area (Å²) in [5.74, 6) is 1.86. The predicted octanol–water partition coefficient (Wildman–Crippen LogP) is 4.10. The first kappa shape index (κ1) is 19.5. The maximum atomic E-state index is 13.4. The lowest BCUT2D eigenvalue weighted by Gasteiger charge is -2.49. The van der Waals surface area contributed by atoms with Crippen LogP contribution in [-0.4, -0.2) is 41.4 Å². The summed E-state index contributed by atoms with van der Waals surface area (Å²) in [6.45, 7) is 7.48. The summed E-state index contributed by atoms with van der Waals surface area (Å²) in [6.07, 6.45) is 7.08. The average molecular weight is 380 g/mol. The van der Waals surface area contributed by atoms with Gasteiger partial charge in [0, 0.05) is 12.6 Å². The van der Waals surface area contributed by atoms with Gasteiger partial charge in [-0.2, -0.15) is 5.26 Å². The third-order valence-electron chi connectivity index (χ3n) is 7.70. The van der Waals surface area contributed by atoms with Crippen molar-refractivity contribution >= 4 is 5.91 Å². The topological polar surface area (TPSA) is 47.3 Å². The monoisotopic (exact) mass is 379 g/mol. The largest absolute Gasteiger partial charge is 0.324 e. The summed E-state index contributed by atoms with van der Waals surface area (Å²) in [7, 11) is 0. The Balaban J connectivity index is 1.49. The smallest absolute Gasteiger partial charge is 0.234 e. The maximum absolute atomic E-state index is 13.4. The number of rotatable bonds is 3. The van der Waals surface area contributed by atoms with Crippen molar-refractivity contribution in [3.63, 3.8) is 0 Å². The van der Waals surface area contributed by atoms with E-state index in [1.165, 1.54) is 36.8 Å². The first-order valence-electron chi connectivity index (χ1n) is 11.0. The highest BCUT2D eigenvalue weighted by atomic mass is 16.2. The zero-order chi connectivity index (χ0) is 19.7. The number of nitrogens with zero attached hydrogens (tertiary/aromatic N) is 3. The van der Waals surface area contributed by atoms with Gasteiger partial charge < -0.3 is 9.80 Å². The van der Waals surface area contributed by atoms with Gasteiger partial charge >= 0.3 is 0 Å². The van der Waals surface area contributed by atoms with E-state index in [9.17, 15) is 10.1 Å². The number of hydrogen-bond donors (Lipinski definition) is 0. The van der Waals surface area contributed by atoms with Crippen molar-refractivity contribution in [1.29, 1.82) is 5.26 Å². The third-order valence-corrected chi connectivity index (χ3v) is 7.70. The third kappa shape index (κ3) is 3.35. The second-order valence-electron chi connectivity index (χ2n) is 9.41. The van der Waals surface area contributed by atoms with Crippen LogP contribution < -0.4 is 0 Å². The lowest BCUT2D eigenvalue weighted by atomic mass is 9.67. The zero-order valence-electron chi connectivity index (χ0n) is 17.4. The number of nitriles is 1. The molecular weight excluding hydrogens is 346 g/mol. The summed E-state index contributed by atoms with van der Waals surface area (Å²) in [5.41, 5.74) is 2.03. The summed E-state index contributed by atoms with van der Waals surface area (Å²) >= 11 is 0. The molecule has 4 rings (SSSR count). The number of hydrogen-bond acceptors (Lipinski definition) is 3. The van der Waals surface area contributed by atoms with Crippen LogP contribution in [0.2, 0.25) is 0 Å². The molecule has 150 valence electrons. The Morgan fingerprint density at radius 3 is 2.46 bits per heavy atom. The molecule has 2 fully saturated rings. The molecule has 1 saturated carbocycles. The molecule has 2 aliphatic heterocycles. The van der Waals surface area contributed by atoms with Crippen molar-refractivity contribution in [2.75, 3.05) is 19.6 Å². The average Bonchev–Trinajstić information content (AvgIpc) is 2.73. The molecule has 0 radical (unpaired) electrons. The van der Waals surface area contributed by atoms with E-state index in [1.54, 1.807) is 4.90 Å². The summed E-state index contributed by atoms with van der Waals surface area (Å²) < 4.78 is 0. The van der Waals surface area contributed by atoms with Crippen molar-refractivity contribution in [2.45, 2.75) is 70.4 Å². The molecule has 1 aromatic carbocycles. The van der Waals surface area contributed by atoms with Crippen molar-refractivity contribution < 1.29 is 4.79 Å². The zero-order valence-corrected chi connectivity index (χ0v) is 17.4. The number of carbonyl (C=O) groups is 1. The Labute approximate surface area is 169 Å². The molecule has 0 bridgehead atoms. The predicted molar refractivity (Wildman–Crippen MR) is 111 cm³/mol. The minimum atomic E-state index is -0.419. The molecule has 0 N–H and O–H groups in total. The van der Waals surface area contributed by atoms with E-state index in [0.717, 1.165) is 37.8 Å². The van der Waals surface area contributed by atoms with Crippen molar-refractivity contribution in [1.82, 2.24) is 9.80 Å². The van der Waals surface area contributed by atoms with E-state index in [4.69, 9.17) is 0 Å². The van der Waals surface area contributed by atoms with Crippen LogP contribution in [0.15, 0.2) is 24.3 Å². The van der Waals surface area contributed by atoms with E-state index >= 15 is 0 Å². The Bertz CT molecular complexity index is 749. The molecule has 1 amide bonds. The molecule has 28 heavy (non-hydrogen) atoms. The number of likely N-dealkylation sites (tertiary alicyclic amines) is 1. The molecule has 3 aliphatic rings. The van der Waals surface area contributed by atoms with Gasteiger partial charge in [-0.25, -0.2) is 0 Å². The Hall–Kier alpha value is -1.86. The lowest BCUT2D eigenvalue weighted by molar-refractivity contribution is -0.141. The van der Waals surface area contributed by atoms with Crippen LogP contribution in [0.25, 0.3) is 0 Å². The van der Waals surface area contributed by atoms with Gasteiger partial charge in [-0.05, 0) is 74.6 Å². The summed E-state index contributed by atoms with van der Waals surface area (Å²) in [6, 6.07) is 11.3. The molecule has 1 aromatic rings. The Kier molecular flexibility index (Phi) is 5.47. The second-order valence-corrected chi connectivity index (χ2v) is 9.41. The van der Waals surface area contributed by atoms with E-state index < -0.39 is 5.41 Å². The molecule has 0 aromatic heterocycles. The first-order chi connectivity index (χ1) is 13.5. The molecule has 1 saturated heterocycles. The Morgan fingerprint density at radius 2 is 1.82 bits per heavy atom. The molecule has 1 spiro atoms. The van der Waals surface area contributed by atoms with Gasteiger partial charge in [0.15, 0.2) is 0 Å². The normalized spacial score (nSPS) is 27.6. The van der Waals surface area contributed by atoms with E-state index in [0.29, 0.717) is 12.6 Å². The fraction of sp³-hybridized carbons (Fsp3) is 0.667. The molecule has 4 nitrogen and oxygen atoms in total. The van der Waals surface area contributed by atoms with Crippen molar-refractivity contribution in [2.24, 2.45) is 11.8 Å². The quantitative estimate of drug-likeness (QED) is 0.743. The molecule has 4 heteroatoms. The first-order valence-corrected chi connectivity index (χ1v) is 11.0. The number of carbonyl (C=O) groups excluding carboxylic acids is 1. The van der Waals surface area contributed by atoms with E-state index in [-0.39, 0.29) is 12.5 Å². The highest BCUT2D eigenvalue weighted by Crippen LogP contribution is 2.44. The van der Waals surface area contributed by atoms with E-state index in [1.807, 2.05) is 0 Å². The van der Waals surface area contributed by atoms with Crippen LogP contribution in [0.4, 0.5) is 0 Å². The van der Waals surface area contributed by atoms with Crippen molar-refractivity contribution in [3.05, 3.63) is 35.4 Å². The SMILES string of the molecule is CC(C)C1CCC(N2CCC3(CC2)C(=O)N(CC#N)Cc2ccccc23)CC1. The van der Waals surface area contributed by atoms with Crippen LogP contribution >= 0.6 is 0 Å². The van der Waals surface area contributed by atoms with Gasteiger partial charge in [0.25, 0.3) is 0 Å². The van der Waals surface area contributed by atoms with Crippen LogP contribution in [0, 0.1) is 23.2 Å². The number of amides is 1. The van der Waals surface area contributed by atoms with Crippen LogP contribution in [0.3, 0.4) is 0 Å². The number of fused-ring (bicyclic) bond motifs is 2. The highest BCUT2D eigenvalue weighted by molar-refractivity contribution is 5.90. The molecule has 2 heterocycles. The van der Waals surface area contributed by atoms with Crippen LogP contribution in [-0.2, 0) is 16.8 Å². The van der Waals surface area contributed by atoms with Gasteiger partial charge in [0.05, 0.1) is 11.5 Å². The standard InChI is InChI=1S/C24H33N3O/c1-18(2)19-7-9-21(10-8-19)26-14-11-24(12-15-26)22-6-4-3-5-20(22)17-27(16-13-25)23(24)28/h3-6,18-19,21H,7-12,14-17H2,1-2H3. The van der Waals surface area contributed by atoms with Gasteiger partial charge in [0.2, 0.25) is 5.91 Å². The minimum Gasteiger partial charge on any atom is -0.324 e. The van der Waals surface area contributed by atoms with Crippen LogP contribution in [0.5, 0.6) is 0 Å². The summed E-state index contributed by atoms with van der Waals surface area (Å²) in [4.78, 5) is 17.8. The molecule has 1 aliphatic carbocycles. The minimum absolute atomic E-state index is 0.177. The van der Waals surface area contributed by atoms with Crippen molar-refractivity contribution in [3.8, 4) is 6.07 Å². The van der Waals surface area contributed by atoms with Gasteiger partial charge in [-0.15, -0.1) is 0 Å². The number of benzene rings is 1. The van der Waals surface area contributed by atoms with Gasteiger partial charge in [-0.3, -0.25) is 4.79 Å². The lowest BCUT2D eigenvalue weighted by Crippen LogP contribution is -2.57. The fourth-order valence-corrected chi connectivity index (χ4v) is 5.92. The molecule has 0 unspecified atom stereocenters. The maximum Gasteiger partial charge on any atom is 0.234 e.